The number of hydrogen-bond acceptors (Lipinski definition) is 2. The molecule has 1 amide bonds. The molecule has 0 aliphatic carbocycles. The van der Waals surface area contributed by atoms with Gasteiger partial charge in [-0.3, -0.25) is 4.79 Å². The molecule has 0 radical (unpaired) electrons. The Balaban J connectivity index is 2.34. The van der Waals surface area contributed by atoms with Crippen LogP contribution in [0.1, 0.15) is 17.2 Å². The summed E-state index contributed by atoms with van der Waals surface area (Å²) in [5.74, 6) is -0.404. The van der Waals surface area contributed by atoms with Crippen LogP contribution in [-0.4, -0.2) is 19.1 Å². The van der Waals surface area contributed by atoms with Crippen molar-refractivity contribution in [1.29, 1.82) is 0 Å². The summed E-state index contributed by atoms with van der Waals surface area (Å²) in [6, 6.07) is 4.43. The van der Waals surface area contributed by atoms with Gasteiger partial charge in [0.1, 0.15) is 6.61 Å². The van der Waals surface area contributed by atoms with E-state index >= 15 is 0 Å². The van der Waals surface area contributed by atoms with E-state index in [-0.39, 0.29) is 18.8 Å². The Morgan fingerprint density at radius 3 is 2.65 bits per heavy atom. The fourth-order valence-corrected chi connectivity index (χ4v) is 1.77. The summed E-state index contributed by atoms with van der Waals surface area (Å²) in [4.78, 5) is 11.1. The molecule has 1 aromatic rings. The van der Waals surface area contributed by atoms with E-state index in [0.717, 1.165) is 6.07 Å². The van der Waals surface area contributed by atoms with Gasteiger partial charge in [-0.25, -0.2) is 0 Å². The highest BCUT2D eigenvalue weighted by Crippen LogP contribution is 2.34. The van der Waals surface area contributed by atoms with Gasteiger partial charge in [-0.1, -0.05) is 18.2 Å². The van der Waals surface area contributed by atoms with Crippen molar-refractivity contribution < 1.29 is 22.7 Å². The van der Waals surface area contributed by atoms with E-state index < -0.39 is 23.7 Å². The first-order chi connectivity index (χ1) is 7.98. The van der Waals surface area contributed by atoms with Crippen molar-refractivity contribution in [3.05, 3.63) is 35.4 Å². The van der Waals surface area contributed by atoms with Crippen molar-refractivity contribution >= 4 is 5.91 Å². The fraction of sp³-hybridized carbons (Fsp3) is 0.364. The van der Waals surface area contributed by atoms with Crippen LogP contribution in [0.15, 0.2) is 24.3 Å². The molecular weight excluding hydrogens is 235 g/mol. The lowest BCUT2D eigenvalue weighted by Crippen LogP contribution is -2.40. The van der Waals surface area contributed by atoms with Crippen LogP contribution in [0, 0.1) is 0 Å². The van der Waals surface area contributed by atoms with Gasteiger partial charge in [0.25, 0.3) is 0 Å². The van der Waals surface area contributed by atoms with E-state index in [4.69, 9.17) is 4.74 Å². The summed E-state index contributed by atoms with van der Waals surface area (Å²) in [6.07, 6.45) is -4.43. The second-order valence-electron chi connectivity index (χ2n) is 3.72. The second-order valence-corrected chi connectivity index (χ2v) is 3.72. The third kappa shape index (κ3) is 2.58. The van der Waals surface area contributed by atoms with Crippen molar-refractivity contribution in [2.75, 3.05) is 13.2 Å². The van der Waals surface area contributed by atoms with Crippen LogP contribution in [-0.2, 0) is 15.7 Å². The zero-order valence-corrected chi connectivity index (χ0v) is 8.75. The molecule has 0 spiro atoms. The van der Waals surface area contributed by atoms with Crippen LogP contribution in [0.25, 0.3) is 0 Å². The number of morpholine rings is 1. The average molecular weight is 245 g/mol. The molecule has 0 aromatic heterocycles. The number of amides is 1. The van der Waals surface area contributed by atoms with E-state index in [1.54, 1.807) is 0 Å². The molecule has 1 aliphatic rings. The normalized spacial score (nSPS) is 21.1. The maximum absolute atomic E-state index is 12.7. The first-order valence-corrected chi connectivity index (χ1v) is 5.01. The topological polar surface area (TPSA) is 38.3 Å². The van der Waals surface area contributed by atoms with Crippen molar-refractivity contribution in [2.24, 2.45) is 0 Å². The third-order valence-corrected chi connectivity index (χ3v) is 2.49. The van der Waals surface area contributed by atoms with Crippen molar-refractivity contribution in [3.63, 3.8) is 0 Å². The summed E-state index contributed by atoms with van der Waals surface area (Å²) in [5, 5.41) is 2.48. The molecule has 17 heavy (non-hydrogen) atoms. The van der Waals surface area contributed by atoms with E-state index in [2.05, 4.69) is 5.32 Å². The maximum atomic E-state index is 12.7. The number of nitrogens with one attached hydrogen (secondary N) is 1. The van der Waals surface area contributed by atoms with Crippen LogP contribution in [0.3, 0.4) is 0 Å². The van der Waals surface area contributed by atoms with Gasteiger partial charge in [0.05, 0.1) is 18.2 Å². The molecule has 0 saturated carbocycles. The Kier molecular flexibility index (Phi) is 3.06. The van der Waals surface area contributed by atoms with Crippen molar-refractivity contribution in [3.8, 4) is 0 Å². The Bertz CT molecular complexity index is 431. The Labute approximate surface area is 95.6 Å². The van der Waals surface area contributed by atoms with Crippen LogP contribution in [0.2, 0.25) is 0 Å². The lowest BCUT2D eigenvalue weighted by Gasteiger charge is -2.26. The van der Waals surface area contributed by atoms with E-state index in [1.165, 1.54) is 18.2 Å². The Morgan fingerprint density at radius 1 is 1.29 bits per heavy atom. The molecule has 6 heteroatoms. The lowest BCUT2D eigenvalue weighted by atomic mass is 10.00. The molecule has 1 unspecified atom stereocenters. The first-order valence-electron chi connectivity index (χ1n) is 5.01. The van der Waals surface area contributed by atoms with Crippen LogP contribution in [0.4, 0.5) is 13.2 Å². The Morgan fingerprint density at radius 2 is 2.00 bits per heavy atom. The SMILES string of the molecule is O=C1COCC(c2ccccc2C(F)(F)F)N1. The monoisotopic (exact) mass is 245 g/mol. The Hall–Kier alpha value is -1.56. The number of alkyl halides is 3. The fourth-order valence-electron chi connectivity index (χ4n) is 1.77. The van der Waals surface area contributed by atoms with Gasteiger partial charge in [0.15, 0.2) is 0 Å². The molecule has 2 rings (SSSR count). The van der Waals surface area contributed by atoms with E-state index in [1.807, 2.05) is 0 Å². The molecule has 1 heterocycles. The highest BCUT2D eigenvalue weighted by Gasteiger charge is 2.36. The minimum Gasteiger partial charge on any atom is -0.369 e. The number of ether oxygens (including phenoxy) is 1. The zero-order chi connectivity index (χ0) is 12.5. The van der Waals surface area contributed by atoms with Gasteiger partial charge in [-0.15, -0.1) is 0 Å². The molecule has 3 nitrogen and oxygen atoms in total. The van der Waals surface area contributed by atoms with E-state index in [0.29, 0.717) is 0 Å². The number of rotatable bonds is 1. The van der Waals surface area contributed by atoms with E-state index in [9.17, 15) is 18.0 Å². The molecule has 1 saturated heterocycles. The summed E-state index contributed by atoms with van der Waals surface area (Å²) < 4.78 is 43.2. The minimum atomic E-state index is -4.43. The molecule has 92 valence electrons. The van der Waals surface area contributed by atoms with Crippen molar-refractivity contribution in [1.82, 2.24) is 5.32 Å². The molecule has 1 fully saturated rings. The van der Waals surface area contributed by atoms with Gasteiger partial charge < -0.3 is 10.1 Å². The third-order valence-electron chi connectivity index (χ3n) is 2.49. The quantitative estimate of drug-likeness (QED) is 0.820. The van der Waals surface area contributed by atoms with Crippen LogP contribution in [0.5, 0.6) is 0 Å². The standard InChI is InChI=1S/C11H10F3NO2/c12-11(13,14)8-4-2-1-3-7(8)9-5-17-6-10(16)15-9/h1-4,9H,5-6H2,(H,15,16). The largest absolute Gasteiger partial charge is 0.416 e. The van der Waals surface area contributed by atoms with Gasteiger partial charge in [0, 0.05) is 0 Å². The minimum absolute atomic E-state index is 0.0352. The molecule has 0 bridgehead atoms. The summed E-state index contributed by atoms with van der Waals surface area (Å²) in [7, 11) is 0. The number of carbonyl (C=O) groups excluding carboxylic acids is 1. The van der Waals surface area contributed by atoms with Gasteiger partial charge in [-0.05, 0) is 11.6 Å². The summed E-state index contributed by atoms with van der Waals surface area (Å²) in [6.45, 7) is -0.0521. The first kappa shape index (κ1) is 11.9. The zero-order valence-electron chi connectivity index (χ0n) is 8.75. The van der Waals surface area contributed by atoms with Crippen LogP contribution < -0.4 is 5.32 Å². The number of carbonyl (C=O) groups is 1. The lowest BCUT2D eigenvalue weighted by molar-refractivity contribution is -0.140. The summed E-state index contributed by atoms with van der Waals surface area (Å²) in [5.41, 5.74) is -0.705. The van der Waals surface area contributed by atoms with Gasteiger partial charge in [-0.2, -0.15) is 13.2 Å². The van der Waals surface area contributed by atoms with Crippen molar-refractivity contribution in [2.45, 2.75) is 12.2 Å². The highest BCUT2D eigenvalue weighted by atomic mass is 19.4. The van der Waals surface area contributed by atoms with Gasteiger partial charge >= 0.3 is 6.18 Å². The molecule has 1 aromatic carbocycles. The molecular formula is C11H10F3NO2. The predicted octanol–water partition coefficient (Wildman–Crippen LogP) is 1.89. The molecule has 1 atom stereocenters. The van der Waals surface area contributed by atoms with Gasteiger partial charge in [0.2, 0.25) is 5.91 Å². The predicted molar refractivity (Wildman–Crippen MR) is 53.1 cm³/mol. The molecule has 1 aliphatic heterocycles. The number of hydrogen-bond donors (Lipinski definition) is 1. The number of halogens is 3. The van der Waals surface area contributed by atoms with Crippen LogP contribution >= 0.6 is 0 Å². The smallest absolute Gasteiger partial charge is 0.369 e. The maximum Gasteiger partial charge on any atom is 0.416 e. The molecule has 1 N–H and O–H groups in total. The number of benzene rings is 1. The average Bonchev–Trinajstić information content (AvgIpc) is 2.28. The second kappa shape index (κ2) is 4.37. The highest BCUT2D eigenvalue weighted by molar-refractivity contribution is 5.78. The summed E-state index contributed by atoms with van der Waals surface area (Å²) >= 11 is 0.